The fourth-order valence-electron chi connectivity index (χ4n) is 1.68. The van der Waals surface area contributed by atoms with E-state index in [0.29, 0.717) is 6.54 Å². The van der Waals surface area contributed by atoms with Gasteiger partial charge >= 0.3 is 5.97 Å². The van der Waals surface area contributed by atoms with Crippen molar-refractivity contribution in [1.29, 1.82) is 0 Å². The van der Waals surface area contributed by atoms with Gasteiger partial charge in [0.15, 0.2) is 0 Å². The summed E-state index contributed by atoms with van der Waals surface area (Å²) in [5.41, 5.74) is -0.610. The second-order valence-corrected chi connectivity index (χ2v) is 5.27. The molecule has 0 aliphatic rings. The molecule has 1 amide bonds. The van der Waals surface area contributed by atoms with Crippen LogP contribution in [0.15, 0.2) is 0 Å². The highest BCUT2D eigenvalue weighted by Crippen LogP contribution is 2.17. The number of likely N-dealkylation sites (N-methyl/N-ethyl adjacent to an activating group) is 1. The second-order valence-electron chi connectivity index (χ2n) is 5.27. The predicted octanol–water partition coefficient (Wildman–Crippen LogP) is 0.642. The van der Waals surface area contributed by atoms with Crippen LogP contribution >= 0.6 is 0 Å². The topological polar surface area (TPSA) is 58.6 Å². The number of nitrogens with one attached hydrogen (secondary N) is 1. The molecule has 0 fully saturated rings. The molecule has 0 bridgehead atoms. The van der Waals surface area contributed by atoms with Gasteiger partial charge in [-0.1, -0.05) is 0 Å². The van der Waals surface area contributed by atoms with Crippen molar-refractivity contribution in [2.24, 2.45) is 5.41 Å². The summed E-state index contributed by atoms with van der Waals surface area (Å²) in [5, 5.41) is 2.81. The normalized spacial score (nSPS) is 11.8. The Kier molecular flexibility index (Phi) is 6.16. The minimum atomic E-state index is -0.610. The summed E-state index contributed by atoms with van der Waals surface area (Å²) in [6, 6.07) is 0.129. The van der Waals surface area contributed by atoms with E-state index < -0.39 is 5.41 Å². The molecule has 0 aliphatic carbocycles. The van der Waals surface area contributed by atoms with Crippen molar-refractivity contribution in [3.63, 3.8) is 0 Å². The molecule has 0 aliphatic heterocycles. The van der Waals surface area contributed by atoms with E-state index in [2.05, 4.69) is 5.32 Å². The number of esters is 1. The third-order valence-electron chi connectivity index (χ3n) is 2.27. The van der Waals surface area contributed by atoms with Crippen molar-refractivity contribution >= 4 is 11.9 Å². The molecule has 0 atom stereocenters. The summed E-state index contributed by atoms with van der Waals surface area (Å²) < 4.78 is 4.72. The van der Waals surface area contributed by atoms with Crippen molar-refractivity contribution in [2.45, 2.75) is 33.7 Å². The second kappa shape index (κ2) is 6.59. The number of nitrogens with zero attached hydrogens (tertiary/aromatic N) is 1. The lowest BCUT2D eigenvalue weighted by Gasteiger charge is -2.27. The summed E-state index contributed by atoms with van der Waals surface area (Å²) in [6.07, 6.45) is 0. The molecule has 0 aromatic rings. The third-order valence-corrected chi connectivity index (χ3v) is 2.27. The first-order chi connectivity index (χ1) is 7.69. The molecule has 0 saturated heterocycles. The lowest BCUT2D eigenvalue weighted by atomic mass is 9.93. The monoisotopic (exact) mass is 244 g/mol. The zero-order valence-corrected chi connectivity index (χ0v) is 11.7. The average molecular weight is 244 g/mol. The van der Waals surface area contributed by atoms with Crippen LogP contribution in [0, 0.1) is 5.41 Å². The molecule has 5 nitrogen and oxygen atoms in total. The predicted molar refractivity (Wildman–Crippen MR) is 66.6 cm³/mol. The van der Waals surface area contributed by atoms with E-state index >= 15 is 0 Å². The minimum Gasteiger partial charge on any atom is -0.469 e. The molecular weight excluding hydrogens is 220 g/mol. The summed E-state index contributed by atoms with van der Waals surface area (Å²) >= 11 is 0. The molecule has 0 heterocycles. The van der Waals surface area contributed by atoms with E-state index in [4.69, 9.17) is 4.74 Å². The van der Waals surface area contributed by atoms with Crippen LogP contribution in [0.4, 0.5) is 0 Å². The Morgan fingerprint density at radius 1 is 1.35 bits per heavy atom. The van der Waals surface area contributed by atoms with Crippen molar-refractivity contribution in [1.82, 2.24) is 10.2 Å². The summed E-state index contributed by atoms with van der Waals surface area (Å²) in [5.74, 6) is -0.309. The molecule has 5 heteroatoms. The number of carbonyl (C=O) groups excluding carboxylic acids is 2. The van der Waals surface area contributed by atoms with Gasteiger partial charge < -0.3 is 10.1 Å². The van der Waals surface area contributed by atoms with Gasteiger partial charge in [0.1, 0.15) is 0 Å². The molecule has 0 rings (SSSR count). The minimum absolute atomic E-state index is 0.0387. The van der Waals surface area contributed by atoms with E-state index in [1.807, 2.05) is 25.8 Å². The smallest absolute Gasteiger partial charge is 0.312 e. The Labute approximate surface area is 103 Å². The first kappa shape index (κ1) is 15.9. The van der Waals surface area contributed by atoms with Crippen LogP contribution in [0.25, 0.3) is 0 Å². The molecular formula is C12H24N2O3. The lowest BCUT2D eigenvalue weighted by molar-refractivity contribution is -0.152. The average Bonchev–Trinajstić information content (AvgIpc) is 2.13. The van der Waals surface area contributed by atoms with E-state index in [9.17, 15) is 9.59 Å². The van der Waals surface area contributed by atoms with Crippen molar-refractivity contribution in [2.75, 3.05) is 27.2 Å². The Bertz CT molecular complexity index is 275. The van der Waals surface area contributed by atoms with Gasteiger partial charge in [0, 0.05) is 12.6 Å². The van der Waals surface area contributed by atoms with Crippen molar-refractivity contribution in [3.8, 4) is 0 Å². The number of hydrogen-bond acceptors (Lipinski definition) is 4. The highest BCUT2D eigenvalue weighted by atomic mass is 16.5. The highest BCUT2D eigenvalue weighted by Gasteiger charge is 2.30. The molecule has 0 unspecified atom stereocenters. The van der Waals surface area contributed by atoms with Crippen LogP contribution in [0.1, 0.15) is 27.7 Å². The SMILES string of the molecule is COC(=O)C(C)(C)CN(C)CC(=O)NC(C)C. The first-order valence-electron chi connectivity index (χ1n) is 5.75. The molecule has 0 spiro atoms. The number of rotatable bonds is 6. The van der Waals surface area contributed by atoms with Gasteiger partial charge in [-0.05, 0) is 34.7 Å². The van der Waals surface area contributed by atoms with Crippen LogP contribution < -0.4 is 5.32 Å². The van der Waals surface area contributed by atoms with Crippen LogP contribution in [0.5, 0.6) is 0 Å². The van der Waals surface area contributed by atoms with Gasteiger partial charge in [-0.25, -0.2) is 0 Å². The number of methoxy groups -OCH3 is 1. The number of amides is 1. The maximum atomic E-state index is 11.5. The highest BCUT2D eigenvalue weighted by molar-refractivity contribution is 5.79. The summed E-state index contributed by atoms with van der Waals surface area (Å²) in [7, 11) is 3.18. The zero-order valence-electron chi connectivity index (χ0n) is 11.7. The zero-order chi connectivity index (χ0) is 13.6. The Morgan fingerprint density at radius 3 is 2.29 bits per heavy atom. The quantitative estimate of drug-likeness (QED) is 0.697. The largest absolute Gasteiger partial charge is 0.469 e. The van der Waals surface area contributed by atoms with Crippen LogP contribution in [0.3, 0.4) is 0 Å². The van der Waals surface area contributed by atoms with Gasteiger partial charge in [0.05, 0.1) is 19.1 Å². The Hall–Kier alpha value is -1.10. The molecule has 0 radical (unpaired) electrons. The maximum absolute atomic E-state index is 11.5. The van der Waals surface area contributed by atoms with Crippen LogP contribution in [0.2, 0.25) is 0 Å². The molecule has 1 N–H and O–H groups in total. The van der Waals surface area contributed by atoms with E-state index in [1.165, 1.54) is 7.11 Å². The fraction of sp³-hybridized carbons (Fsp3) is 0.833. The number of ether oxygens (including phenoxy) is 1. The van der Waals surface area contributed by atoms with Gasteiger partial charge in [0.2, 0.25) is 5.91 Å². The van der Waals surface area contributed by atoms with Gasteiger partial charge in [-0.2, -0.15) is 0 Å². The van der Waals surface area contributed by atoms with E-state index in [0.717, 1.165) is 0 Å². The van der Waals surface area contributed by atoms with E-state index in [1.54, 1.807) is 13.8 Å². The van der Waals surface area contributed by atoms with E-state index in [-0.39, 0.29) is 24.5 Å². The van der Waals surface area contributed by atoms with Crippen molar-refractivity contribution < 1.29 is 14.3 Å². The molecule has 0 saturated carbocycles. The first-order valence-corrected chi connectivity index (χ1v) is 5.75. The molecule has 0 aromatic carbocycles. The van der Waals surface area contributed by atoms with Crippen LogP contribution in [-0.2, 0) is 14.3 Å². The molecule has 17 heavy (non-hydrogen) atoms. The molecule has 0 aromatic heterocycles. The Morgan fingerprint density at radius 2 is 1.88 bits per heavy atom. The lowest BCUT2D eigenvalue weighted by Crippen LogP contribution is -2.43. The summed E-state index contributed by atoms with van der Waals surface area (Å²) in [4.78, 5) is 24.8. The Balaban J connectivity index is 4.22. The number of hydrogen-bond donors (Lipinski definition) is 1. The standard InChI is InChI=1S/C12H24N2O3/c1-9(2)13-10(15)7-14(5)8-12(3,4)11(16)17-6/h9H,7-8H2,1-6H3,(H,13,15). The third kappa shape index (κ3) is 6.26. The van der Waals surface area contributed by atoms with Crippen LogP contribution in [-0.4, -0.2) is 50.1 Å². The van der Waals surface area contributed by atoms with Gasteiger partial charge in [-0.3, -0.25) is 14.5 Å². The summed E-state index contributed by atoms with van der Waals surface area (Å²) in [6.45, 7) is 8.18. The van der Waals surface area contributed by atoms with Gasteiger partial charge in [0.25, 0.3) is 0 Å². The molecule has 100 valence electrons. The van der Waals surface area contributed by atoms with Gasteiger partial charge in [-0.15, -0.1) is 0 Å². The number of carbonyl (C=O) groups is 2. The van der Waals surface area contributed by atoms with Crippen molar-refractivity contribution in [3.05, 3.63) is 0 Å². The maximum Gasteiger partial charge on any atom is 0.312 e. The fourth-order valence-corrected chi connectivity index (χ4v) is 1.68.